The van der Waals surface area contributed by atoms with Crippen molar-refractivity contribution < 1.29 is 14.0 Å². The normalized spacial score (nSPS) is 15.8. The van der Waals surface area contributed by atoms with Gasteiger partial charge in [0.1, 0.15) is 17.7 Å². The van der Waals surface area contributed by atoms with Gasteiger partial charge in [-0.3, -0.25) is 9.59 Å². The Balaban J connectivity index is 1.67. The molecular formula is C19H14ClFN4O2. The van der Waals surface area contributed by atoms with Crippen molar-refractivity contribution in [2.24, 2.45) is 0 Å². The Kier molecular flexibility index (Phi) is 4.37. The van der Waals surface area contributed by atoms with Crippen molar-refractivity contribution in [3.05, 3.63) is 65.6 Å². The third-order valence-electron chi connectivity index (χ3n) is 4.32. The first-order valence-electron chi connectivity index (χ1n) is 8.21. The van der Waals surface area contributed by atoms with Gasteiger partial charge < -0.3 is 10.6 Å². The van der Waals surface area contributed by atoms with Crippen LogP contribution >= 0.6 is 11.6 Å². The highest BCUT2D eigenvalue weighted by molar-refractivity contribution is 6.33. The van der Waals surface area contributed by atoms with E-state index in [9.17, 15) is 14.0 Å². The summed E-state index contributed by atoms with van der Waals surface area (Å²) in [4.78, 5) is 24.9. The number of para-hydroxylation sites is 1. The summed E-state index contributed by atoms with van der Waals surface area (Å²) in [6.07, 6.45) is 1.50. The first kappa shape index (κ1) is 17.2. The van der Waals surface area contributed by atoms with Gasteiger partial charge in [0.2, 0.25) is 11.8 Å². The zero-order valence-corrected chi connectivity index (χ0v) is 14.7. The molecule has 1 aliphatic rings. The Labute approximate surface area is 158 Å². The first-order chi connectivity index (χ1) is 13.0. The van der Waals surface area contributed by atoms with Crippen LogP contribution in [0.5, 0.6) is 0 Å². The first-order valence-corrected chi connectivity index (χ1v) is 8.59. The van der Waals surface area contributed by atoms with Crippen LogP contribution in [0.4, 0.5) is 15.9 Å². The fraction of sp³-hybridized carbons (Fsp3) is 0.105. The van der Waals surface area contributed by atoms with Crippen molar-refractivity contribution >= 4 is 34.9 Å². The maximum absolute atomic E-state index is 13.2. The Morgan fingerprint density at radius 3 is 2.70 bits per heavy atom. The second-order valence-corrected chi connectivity index (χ2v) is 6.50. The van der Waals surface area contributed by atoms with E-state index in [0.29, 0.717) is 27.7 Å². The molecule has 1 unspecified atom stereocenters. The number of nitrogens with zero attached hydrogens (tertiary/aromatic N) is 2. The van der Waals surface area contributed by atoms with E-state index in [1.165, 1.54) is 16.8 Å². The number of hydrogen-bond acceptors (Lipinski definition) is 3. The zero-order chi connectivity index (χ0) is 19.0. The number of carbonyl (C=O) groups is 2. The Bertz CT molecular complexity index is 1030. The van der Waals surface area contributed by atoms with Crippen LogP contribution in [0.15, 0.2) is 54.7 Å². The predicted octanol–water partition coefficient (Wildman–Crippen LogP) is 3.86. The smallest absolute Gasteiger partial charge is 0.249 e. The highest BCUT2D eigenvalue weighted by Crippen LogP contribution is 2.34. The summed E-state index contributed by atoms with van der Waals surface area (Å²) in [5.41, 5.74) is 1.76. The highest BCUT2D eigenvalue weighted by atomic mass is 35.5. The molecule has 0 aliphatic carbocycles. The van der Waals surface area contributed by atoms with Gasteiger partial charge in [-0.25, -0.2) is 9.07 Å². The summed E-state index contributed by atoms with van der Waals surface area (Å²) in [7, 11) is 0. The number of benzene rings is 2. The lowest BCUT2D eigenvalue weighted by atomic mass is 10.1. The van der Waals surface area contributed by atoms with E-state index in [-0.39, 0.29) is 18.1 Å². The maximum atomic E-state index is 13.2. The molecule has 0 saturated heterocycles. The van der Waals surface area contributed by atoms with E-state index in [0.717, 1.165) is 0 Å². The highest BCUT2D eigenvalue weighted by Gasteiger charge is 2.33. The van der Waals surface area contributed by atoms with Gasteiger partial charge in [-0.15, -0.1) is 0 Å². The third kappa shape index (κ3) is 3.29. The monoisotopic (exact) mass is 384 g/mol. The maximum Gasteiger partial charge on any atom is 0.249 e. The van der Waals surface area contributed by atoms with E-state index in [2.05, 4.69) is 15.7 Å². The molecule has 0 spiro atoms. The number of anilines is 2. The number of halogens is 2. The predicted molar refractivity (Wildman–Crippen MR) is 100.0 cm³/mol. The quantitative estimate of drug-likeness (QED) is 0.719. The molecule has 1 atom stereocenters. The van der Waals surface area contributed by atoms with Crippen LogP contribution in [0.25, 0.3) is 11.1 Å². The van der Waals surface area contributed by atoms with Gasteiger partial charge in [0, 0.05) is 5.56 Å². The fourth-order valence-electron chi connectivity index (χ4n) is 2.99. The van der Waals surface area contributed by atoms with Crippen molar-refractivity contribution in [3.63, 3.8) is 0 Å². The van der Waals surface area contributed by atoms with Crippen LogP contribution in [0.3, 0.4) is 0 Å². The number of nitrogens with one attached hydrogen (secondary N) is 2. The Morgan fingerprint density at radius 1 is 1.22 bits per heavy atom. The molecule has 2 amide bonds. The average Bonchev–Trinajstić information content (AvgIpc) is 3.07. The second-order valence-electron chi connectivity index (χ2n) is 6.10. The number of hydrogen-bond donors (Lipinski definition) is 2. The van der Waals surface area contributed by atoms with E-state index in [1.807, 2.05) is 0 Å². The van der Waals surface area contributed by atoms with Gasteiger partial charge in [0.05, 0.1) is 23.3 Å². The van der Waals surface area contributed by atoms with Crippen molar-refractivity contribution in [2.45, 2.75) is 12.5 Å². The fourth-order valence-corrected chi connectivity index (χ4v) is 3.17. The molecule has 1 aromatic heterocycles. The molecule has 0 fully saturated rings. The summed E-state index contributed by atoms with van der Waals surface area (Å²) in [6, 6.07) is 11.9. The molecule has 136 valence electrons. The third-order valence-corrected chi connectivity index (χ3v) is 4.65. The zero-order valence-electron chi connectivity index (χ0n) is 13.9. The van der Waals surface area contributed by atoms with Crippen LogP contribution in [0.1, 0.15) is 12.5 Å². The number of aromatic nitrogens is 2. The molecule has 1 aliphatic heterocycles. The lowest BCUT2D eigenvalue weighted by molar-refractivity contribution is -0.125. The minimum atomic E-state index is -0.820. The molecule has 4 rings (SSSR count). The molecule has 2 N–H and O–H groups in total. The van der Waals surface area contributed by atoms with Gasteiger partial charge in [-0.2, -0.15) is 5.10 Å². The standard InChI is InChI=1S/C19H14ClFN4O2/c20-14-3-1-2-4-15(14)23-19(27)16-9-17(26)24-18-13(10-22-25(16)18)11-5-7-12(21)8-6-11/h1-8,10,16H,9H2,(H,23,27)(H,24,26). The summed E-state index contributed by atoms with van der Waals surface area (Å²) < 4.78 is 14.6. The molecule has 3 aromatic rings. The van der Waals surface area contributed by atoms with Gasteiger partial charge in [0.25, 0.3) is 0 Å². The van der Waals surface area contributed by atoms with Crippen LogP contribution in [0, 0.1) is 5.82 Å². The minimum absolute atomic E-state index is 0.0478. The average molecular weight is 385 g/mol. The SMILES string of the molecule is O=C1CC(C(=O)Nc2ccccc2Cl)n2ncc(-c3ccc(F)cc3)c2N1. The lowest BCUT2D eigenvalue weighted by Crippen LogP contribution is -2.35. The minimum Gasteiger partial charge on any atom is -0.323 e. The lowest BCUT2D eigenvalue weighted by Gasteiger charge is -2.24. The van der Waals surface area contributed by atoms with Gasteiger partial charge in [0.15, 0.2) is 0 Å². The Morgan fingerprint density at radius 2 is 1.96 bits per heavy atom. The van der Waals surface area contributed by atoms with Crippen LogP contribution < -0.4 is 10.6 Å². The van der Waals surface area contributed by atoms with Gasteiger partial charge >= 0.3 is 0 Å². The van der Waals surface area contributed by atoms with Crippen molar-refractivity contribution in [1.82, 2.24) is 9.78 Å². The molecule has 2 heterocycles. The van der Waals surface area contributed by atoms with E-state index in [1.54, 1.807) is 42.6 Å². The largest absolute Gasteiger partial charge is 0.323 e. The summed E-state index contributed by atoms with van der Waals surface area (Å²) in [5.74, 6) is -0.656. The number of rotatable bonds is 3. The number of carbonyl (C=O) groups excluding carboxylic acids is 2. The topological polar surface area (TPSA) is 76.0 Å². The Hall–Kier alpha value is -3.19. The molecular weight excluding hydrogens is 371 g/mol. The summed E-state index contributed by atoms with van der Waals surface area (Å²) in [6.45, 7) is 0. The van der Waals surface area contributed by atoms with Crippen molar-refractivity contribution in [1.29, 1.82) is 0 Å². The molecule has 6 nitrogen and oxygen atoms in total. The van der Waals surface area contributed by atoms with E-state index >= 15 is 0 Å². The van der Waals surface area contributed by atoms with Gasteiger partial charge in [-0.1, -0.05) is 35.9 Å². The second kappa shape index (κ2) is 6.85. The van der Waals surface area contributed by atoms with E-state index in [4.69, 9.17) is 11.6 Å². The molecule has 0 saturated carbocycles. The summed E-state index contributed by atoms with van der Waals surface area (Å²) in [5, 5.41) is 10.2. The van der Waals surface area contributed by atoms with E-state index < -0.39 is 11.9 Å². The molecule has 2 aromatic carbocycles. The van der Waals surface area contributed by atoms with Crippen molar-refractivity contribution in [2.75, 3.05) is 10.6 Å². The molecule has 0 radical (unpaired) electrons. The van der Waals surface area contributed by atoms with Crippen molar-refractivity contribution in [3.8, 4) is 11.1 Å². The number of fused-ring (bicyclic) bond motifs is 1. The summed E-state index contributed by atoms with van der Waals surface area (Å²) >= 11 is 6.09. The number of amides is 2. The van der Waals surface area contributed by atoms with Crippen LogP contribution in [0.2, 0.25) is 5.02 Å². The molecule has 27 heavy (non-hydrogen) atoms. The van der Waals surface area contributed by atoms with Crippen LogP contribution in [-0.2, 0) is 9.59 Å². The van der Waals surface area contributed by atoms with Gasteiger partial charge in [-0.05, 0) is 29.8 Å². The molecule has 8 heteroatoms. The van der Waals surface area contributed by atoms with Crippen LogP contribution in [-0.4, -0.2) is 21.6 Å². The molecule has 0 bridgehead atoms.